The molecule has 1 rings (SSSR count). The monoisotopic (exact) mass is 181 g/mol. The largest absolute Gasteiger partial charge is 0.396 e. The summed E-state index contributed by atoms with van der Waals surface area (Å²) in [6.07, 6.45) is 2.70. The van der Waals surface area contributed by atoms with Crippen molar-refractivity contribution in [2.45, 2.75) is 40.2 Å². The molecule has 74 valence electrons. The van der Waals surface area contributed by atoms with E-state index in [1.165, 1.54) is 0 Å². The zero-order valence-electron chi connectivity index (χ0n) is 8.91. The molecule has 0 aliphatic carbocycles. The van der Waals surface area contributed by atoms with Gasteiger partial charge in [0.15, 0.2) is 0 Å². The highest BCUT2D eigenvalue weighted by molar-refractivity contribution is 5.41. The van der Waals surface area contributed by atoms with Crippen molar-refractivity contribution in [2.24, 2.45) is 5.92 Å². The molecule has 0 spiro atoms. The summed E-state index contributed by atoms with van der Waals surface area (Å²) in [5, 5.41) is 4.30. The lowest BCUT2D eigenvalue weighted by Crippen LogP contribution is -2.15. The maximum Gasteiger partial charge on any atom is 0.0733 e. The van der Waals surface area contributed by atoms with Crippen LogP contribution in [0.4, 0.5) is 5.69 Å². The van der Waals surface area contributed by atoms with Crippen LogP contribution in [0.25, 0.3) is 0 Å². The molecule has 0 radical (unpaired) electrons. The lowest BCUT2D eigenvalue weighted by atomic mass is 10.1. The minimum Gasteiger partial charge on any atom is -0.396 e. The molecule has 13 heavy (non-hydrogen) atoms. The number of hydrogen-bond donors (Lipinski definition) is 1. The number of nitrogens with two attached hydrogens (primary N) is 1. The highest BCUT2D eigenvalue weighted by Crippen LogP contribution is 2.21. The molecule has 0 amide bonds. The molecule has 2 N–H and O–H groups in total. The Balaban J connectivity index is 3.00. The average Bonchev–Trinajstić information content (AvgIpc) is 2.45. The fraction of sp³-hybridized carbons (Fsp3) is 0.700. The van der Waals surface area contributed by atoms with Crippen molar-refractivity contribution in [1.82, 2.24) is 9.78 Å². The molecule has 0 aromatic carbocycles. The minimum atomic E-state index is 0.423. The highest BCUT2D eigenvalue weighted by Gasteiger charge is 2.14. The molecular weight excluding hydrogens is 162 g/mol. The Labute approximate surface area is 79.9 Å². The second-order valence-corrected chi connectivity index (χ2v) is 3.83. The predicted molar refractivity (Wildman–Crippen MR) is 55.6 cm³/mol. The normalized spacial score (nSPS) is 13.6. The van der Waals surface area contributed by atoms with E-state index >= 15 is 0 Å². The molecule has 1 aromatic heterocycles. The number of nitrogens with zero attached hydrogens (tertiary/aromatic N) is 2. The summed E-state index contributed by atoms with van der Waals surface area (Å²) in [4.78, 5) is 0. The Hall–Kier alpha value is -0.990. The molecule has 3 heteroatoms. The van der Waals surface area contributed by atoms with Crippen LogP contribution in [0.5, 0.6) is 0 Å². The first-order valence-corrected chi connectivity index (χ1v) is 4.89. The van der Waals surface area contributed by atoms with E-state index in [0.29, 0.717) is 12.0 Å². The minimum absolute atomic E-state index is 0.423. The second-order valence-electron chi connectivity index (χ2n) is 3.83. The summed E-state index contributed by atoms with van der Waals surface area (Å²) in [5.74, 6) is 0.588. The average molecular weight is 181 g/mol. The van der Waals surface area contributed by atoms with Gasteiger partial charge < -0.3 is 5.73 Å². The van der Waals surface area contributed by atoms with Crippen molar-refractivity contribution >= 4 is 5.69 Å². The predicted octanol–water partition coefficient (Wildman–Crippen LogP) is 2.24. The lowest BCUT2D eigenvalue weighted by Gasteiger charge is -2.18. The van der Waals surface area contributed by atoms with Crippen LogP contribution in [0.15, 0.2) is 6.20 Å². The van der Waals surface area contributed by atoms with Crippen LogP contribution < -0.4 is 5.73 Å². The lowest BCUT2D eigenvalue weighted by molar-refractivity contribution is 0.366. The van der Waals surface area contributed by atoms with Gasteiger partial charge >= 0.3 is 0 Å². The molecule has 0 aliphatic heterocycles. The molecule has 0 aliphatic rings. The van der Waals surface area contributed by atoms with Gasteiger partial charge in [-0.25, -0.2) is 0 Å². The van der Waals surface area contributed by atoms with Gasteiger partial charge in [0.25, 0.3) is 0 Å². The van der Waals surface area contributed by atoms with Crippen molar-refractivity contribution in [3.63, 3.8) is 0 Å². The molecule has 0 saturated heterocycles. The smallest absolute Gasteiger partial charge is 0.0733 e. The van der Waals surface area contributed by atoms with Gasteiger partial charge in [-0.2, -0.15) is 5.10 Å². The van der Waals surface area contributed by atoms with E-state index in [2.05, 4.69) is 32.8 Å². The number of anilines is 1. The first-order valence-electron chi connectivity index (χ1n) is 4.89. The second kappa shape index (κ2) is 3.81. The summed E-state index contributed by atoms with van der Waals surface area (Å²) in [6, 6.07) is 0.423. The van der Waals surface area contributed by atoms with Gasteiger partial charge in [-0.15, -0.1) is 0 Å². The zero-order valence-corrected chi connectivity index (χ0v) is 8.91. The number of nitrogen functional groups attached to an aromatic ring is 1. The first-order chi connectivity index (χ1) is 6.07. The Bertz CT molecular complexity index is 276. The third-order valence-electron chi connectivity index (χ3n) is 2.62. The van der Waals surface area contributed by atoms with Crippen LogP contribution in [0.2, 0.25) is 0 Å². The van der Waals surface area contributed by atoms with Gasteiger partial charge in [0.2, 0.25) is 0 Å². The third kappa shape index (κ3) is 1.85. The molecule has 3 nitrogen and oxygen atoms in total. The molecular formula is C10H19N3. The van der Waals surface area contributed by atoms with Crippen LogP contribution in [0.3, 0.4) is 0 Å². The fourth-order valence-electron chi connectivity index (χ4n) is 1.40. The maximum absolute atomic E-state index is 5.81. The van der Waals surface area contributed by atoms with Crippen LogP contribution in [0, 0.1) is 5.92 Å². The topological polar surface area (TPSA) is 43.8 Å². The number of aromatic nitrogens is 2. The Kier molecular flexibility index (Phi) is 2.96. The van der Waals surface area contributed by atoms with E-state index in [9.17, 15) is 0 Å². The molecule has 0 saturated carbocycles. The van der Waals surface area contributed by atoms with E-state index in [1.54, 1.807) is 6.20 Å². The Morgan fingerprint density at radius 3 is 2.54 bits per heavy atom. The van der Waals surface area contributed by atoms with Crippen molar-refractivity contribution in [3.8, 4) is 0 Å². The number of rotatable bonds is 3. The molecule has 1 unspecified atom stereocenters. The van der Waals surface area contributed by atoms with E-state index in [0.717, 1.165) is 17.8 Å². The van der Waals surface area contributed by atoms with Gasteiger partial charge in [-0.1, -0.05) is 20.8 Å². The highest BCUT2D eigenvalue weighted by atomic mass is 15.3. The van der Waals surface area contributed by atoms with Crippen molar-refractivity contribution < 1.29 is 0 Å². The third-order valence-corrected chi connectivity index (χ3v) is 2.62. The first kappa shape index (κ1) is 10.1. The van der Waals surface area contributed by atoms with Crippen molar-refractivity contribution in [2.75, 3.05) is 5.73 Å². The summed E-state index contributed by atoms with van der Waals surface area (Å²) in [5.41, 5.74) is 7.78. The quantitative estimate of drug-likeness (QED) is 0.777. The van der Waals surface area contributed by atoms with E-state index in [4.69, 9.17) is 5.73 Å². The molecule has 1 aromatic rings. The van der Waals surface area contributed by atoms with E-state index in [-0.39, 0.29) is 0 Å². The summed E-state index contributed by atoms with van der Waals surface area (Å²) in [6.45, 7) is 8.68. The van der Waals surface area contributed by atoms with Gasteiger partial charge in [0, 0.05) is 0 Å². The van der Waals surface area contributed by atoms with E-state index < -0.39 is 0 Å². The molecule has 0 fully saturated rings. The van der Waals surface area contributed by atoms with Crippen LogP contribution in [-0.4, -0.2) is 9.78 Å². The van der Waals surface area contributed by atoms with E-state index in [1.807, 2.05) is 4.68 Å². The summed E-state index contributed by atoms with van der Waals surface area (Å²) >= 11 is 0. The standard InChI is InChI=1S/C10H19N3/c1-5-10-9(11)6-12-13(10)8(4)7(2)3/h6-8H,5,11H2,1-4H3. The SMILES string of the molecule is CCc1c(N)cnn1C(C)C(C)C. The van der Waals surface area contributed by atoms with Crippen LogP contribution in [0.1, 0.15) is 39.4 Å². The van der Waals surface area contributed by atoms with Gasteiger partial charge in [0.05, 0.1) is 23.6 Å². The van der Waals surface area contributed by atoms with Crippen molar-refractivity contribution in [3.05, 3.63) is 11.9 Å². The summed E-state index contributed by atoms with van der Waals surface area (Å²) < 4.78 is 2.04. The van der Waals surface area contributed by atoms with Gasteiger partial charge in [-0.05, 0) is 19.3 Å². The Morgan fingerprint density at radius 1 is 1.46 bits per heavy atom. The number of hydrogen-bond acceptors (Lipinski definition) is 2. The van der Waals surface area contributed by atoms with Crippen LogP contribution in [-0.2, 0) is 6.42 Å². The molecule has 0 bridgehead atoms. The summed E-state index contributed by atoms with van der Waals surface area (Å²) in [7, 11) is 0. The fourth-order valence-corrected chi connectivity index (χ4v) is 1.40. The van der Waals surface area contributed by atoms with Gasteiger partial charge in [-0.3, -0.25) is 4.68 Å². The Morgan fingerprint density at radius 2 is 2.08 bits per heavy atom. The van der Waals surface area contributed by atoms with Crippen LogP contribution >= 0.6 is 0 Å². The van der Waals surface area contributed by atoms with Crippen molar-refractivity contribution in [1.29, 1.82) is 0 Å². The van der Waals surface area contributed by atoms with Gasteiger partial charge in [0.1, 0.15) is 0 Å². The maximum atomic E-state index is 5.81. The zero-order chi connectivity index (χ0) is 10.0. The molecule has 1 atom stereocenters. The molecule has 1 heterocycles.